The van der Waals surface area contributed by atoms with Crippen molar-refractivity contribution in [3.05, 3.63) is 63.8 Å². The van der Waals surface area contributed by atoms with E-state index in [0.717, 1.165) is 48.6 Å². The maximum absolute atomic E-state index is 12.5. The number of hydrogen-bond donors (Lipinski definition) is 3. The van der Waals surface area contributed by atoms with E-state index < -0.39 is 0 Å². The molecule has 4 rings (SSSR count). The molecule has 1 aliphatic rings. The number of fused-ring (bicyclic) bond motifs is 1. The van der Waals surface area contributed by atoms with Crippen molar-refractivity contribution in [2.24, 2.45) is 11.5 Å². The van der Waals surface area contributed by atoms with Crippen LogP contribution in [-0.4, -0.2) is 33.5 Å². The molecule has 1 atom stereocenters. The lowest BCUT2D eigenvalue weighted by atomic mass is 10.0. The molecular weight excluding hydrogens is 328 g/mol. The predicted octanol–water partition coefficient (Wildman–Crippen LogP) is 1.000. The van der Waals surface area contributed by atoms with Crippen LogP contribution in [0.3, 0.4) is 0 Å². The Labute approximate surface area is 151 Å². The smallest absolute Gasteiger partial charge is 0.293 e. The minimum atomic E-state index is -0.181. The monoisotopic (exact) mass is 352 g/mol. The van der Waals surface area contributed by atoms with Crippen molar-refractivity contribution in [2.75, 3.05) is 18.0 Å². The van der Waals surface area contributed by atoms with Crippen LogP contribution in [0.4, 0.5) is 5.82 Å². The quantitative estimate of drug-likeness (QED) is 0.650. The summed E-state index contributed by atoms with van der Waals surface area (Å²) in [6.45, 7) is 2.15. The van der Waals surface area contributed by atoms with Gasteiger partial charge in [0.2, 0.25) is 5.65 Å². The topological polar surface area (TPSA) is 105 Å². The van der Waals surface area contributed by atoms with Gasteiger partial charge >= 0.3 is 0 Å². The normalized spacial score (nSPS) is 17.8. The van der Waals surface area contributed by atoms with E-state index in [0.29, 0.717) is 18.6 Å². The Morgan fingerprint density at radius 2 is 2.04 bits per heavy atom. The van der Waals surface area contributed by atoms with Gasteiger partial charge in [-0.05, 0) is 24.0 Å². The largest absolute Gasteiger partial charge is 0.355 e. The van der Waals surface area contributed by atoms with E-state index in [-0.39, 0.29) is 11.6 Å². The molecule has 26 heavy (non-hydrogen) atoms. The molecular formula is C19H24N6O. The standard InChI is InChI=1S/C19H24N6O/c20-9-14-5-2-1-4-13(14)8-16-11-25-12-17(23-19(26)18(25)22-16)24-7-3-6-15(21)10-24/h1-2,4-5,11-12,15H,3,6-10,20-21H2,(H,23,26). The summed E-state index contributed by atoms with van der Waals surface area (Å²) >= 11 is 0. The SMILES string of the molecule is NCc1ccccc1Cc1cn2cc(N3CCCC(N)C3)[nH]c(=O)c2n1. The summed E-state index contributed by atoms with van der Waals surface area (Å²) in [7, 11) is 0. The van der Waals surface area contributed by atoms with Crippen LogP contribution in [0.2, 0.25) is 0 Å². The van der Waals surface area contributed by atoms with Gasteiger partial charge in [0.05, 0.1) is 11.9 Å². The Hall–Kier alpha value is -2.64. The van der Waals surface area contributed by atoms with E-state index in [1.54, 1.807) is 0 Å². The van der Waals surface area contributed by atoms with E-state index >= 15 is 0 Å². The van der Waals surface area contributed by atoms with Crippen LogP contribution in [0.25, 0.3) is 5.65 Å². The first-order chi connectivity index (χ1) is 12.6. The molecule has 136 valence electrons. The molecule has 0 bridgehead atoms. The number of H-pyrrole nitrogens is 1. The highest BCUT2D eigenvalue weighted by Gasteiger charge is 2.19. The molecule has 1 aromatic carbocycles. The van der Waals surface area contributed by atoms with E-state index in [2.05, 4.69) is 20.9 Å². The molecule has 1 aliphatic heterocycles. The van der Waals surface area contributed by atoms with Gasteiger partial charge in [0.1, 0.15) is 5.82 Å². The van der Waals surface area contributed by atoms with E-state index in [4.69, 9.17) is 11.5 Å². The predicted molar refractivity (Wildman–Crippen MR) is 102 cm³/mol. The average Bonchev–Trinajstić information content (AvgIpc) is 3.05. The third-order valence-corrected chi connectivity index (χ3v) is 5.00. The second-order valence-electron chi connectivity index (χ2n) is 6.93. The molecule has 0 amide bonds. The molecule has 2 aromatic heterocycles. The van der Waals surface area contributed by atoms with Gasteiger partial charge in [-0.15, -0.1) is 0 Å². The van der Waals surface area contributed by atoms with E-state index in [1.807, 2.05) is 35.0 Å². The number of hydrogen-bond acceptors (Lipinski definition) is 5. The van der Waals surface area contributed by atoms with Crippen molar-refractivity contribution < 1.29 is 0 Å². The van der Waals surface area contributed by atoms with Crippen LogP contribution in [0.1, 0.15) is 29.7 Å². The zero-order valence-corrected chi connectivity index (χ0v) is 14.7. The zero-order valence-electron chi connectivity index (χ0n) is 14.7. The highest BCUT2D eigenvalue weighted by molar-refractivity contribution is 5.46. The number of piperidine rings is 1. The summed E-state index contributed by atoms with van der Waals surface area (Å²) in [6, 6.07) is 8.20. The number of nitrogens with zero attached hydrogens (tertiary/aromatic N) is 3. The lowest BCUT2D eigenvalue weighted by Gasteiger charge is -2.31. The van der Waals surface area contributed by atoms with Gasteiger partial charge < -0.3 is 21.4 Å². The van der Waals surface area contributed by atoms with Crippen molar-refractivity contribution in [3.63, 3.8) is 0 Å². The number of benzene rings is 1. The molecule has 3 aromatic rings. The van der Waals surface area contributed by atoms with Gasteiger partial charge in [-0.25, -0.2) is 4.98 Å². The maximum atomic E-state index is 12.5. The number of nitrogens with one attached hydrogen (secondary N) is 1. The van der Waals surface area contributed by atoms with Gasteiger partial charge in [-0.1, -0.05) is 24.3 Å². The highest BCUT2D eigenvalue weighted by Crippen LogP contribution is 2.18. The van der Waals surface area contributed by atoms with Crippen molar-refractivity contribution in [3.8, 4) is 0 Å². The maximum Gasteiger partial charge on any atom is 0.293 e. The third-order valence-electron chi connectivity index (χ3n) is 5.00. The lowest BCUT2D eigenvalue weighted by molar-refractivity contribution is 0.502. The Bertz CT molecular complexity index is 976. The molecule has 0 radical (unpaired) electrons. The third kappa shape index (κ3) is 3.23. The fraction of sp³-hybridized carbons (Fsp3) is 0.368. The van der Waals surface area contributed by atoms with Gasteiger partial charge in [0.25, 0.3) is 5.56 Å². The van der Waals surface area contributed by atoms with Gasteiger partial charge in [0, 0.05) is 38.3 Å². The van der Waals surface area contributed by atoms with Crippen LogP contribution in [0.15, 0.2) is 41.5 Å². The van der Waals surface area contributed by atoms with Gasteiger partial charge in [-0.3, -0.25) is 9.20 Å². The molecule has 5 N–H and O–H groups in total. The number of aromatic amines is 1. The van der Waals surface area contributed by atoms with Crippen LogP contribution in [-0.2, 0) is 13.0 Å². The number of imidazole rings is 1. The molecule has 7 nitrogen and oxygen atoms in total. The Kier molecular flexibility index (Phi) is 4.48. The minimum absolute atomic E-state index is 0.147. The first-order valence-electron chi connectivity index (χ1n) is 9.02. The van der Waals surface area contributed by atoms with Crippen molar-refractivity contribution in [1.82, 2.24) is 14.4 Å². The molecule has 1 fully saturated rings. The summed E-state index contributed by atoms with van der Waals surface area (Å²) in [5.41, 5.74) is 15.2. The fourth-order valence-corrected chi connectivity index (χ4v) is 3.65. The molecule has 0 saturated carbocycles. The second kappa shape index (κ2) is 6.93. The summed E-state index contributed by atoms with van der Waals surface area (Å²) < 4.78 is 1.81. The first-order valence-corrected chi connectivity index (χ1v) is 9.02. The molecule has 3 heterocycles. The van der Waals surface area contributed by atoms with Crippen LogP contribution in [0, 0.1) is 0 Å². The zero-order chi connectivity index (χ0) is 18.1. The van der Waals surface area contributed by atoms with Crippen LogP contribution in [0.5, 0.6) is 0 Å². The molecule has 0 aliphatic carbocycles. The summed E-state index contributed by atoms with van der Waals surface area (Å²) in [4.78, 5) is 22.1. The number of nitrogens with two attached hydrogens (primary N) is 2. The summed E-state index contributed by atoms with van der Waals surface area (Å²) in [6.07, 6.45) is 6.56. The van der Waals surface area contributed by atoms with Gasteiger partial charge in [0.15, 0.2) is 0 Å². The van der Waals surface area contributed by atoms with Crippen LogP contribution >= 0.6 is 0 Å². The molecule has 1 saturated heterocycles. The number of aromatic nitrogens is 3. The van der Waals surface area contributed by atoms with E-state index in [9.17, 15) is 4.79 Å². The molecule has 0 spiro atoms. The Morgan fingerprint density at radius 1 is 1.23 bits per heavy atom. The number of rotatable bonds is 4. The first kappa shape index (κ1) is 16.8. The van der Waals surface area contributed by atoms with Crippen molar-refractivity contribution in [2.45, 2.75) is 31.8 Å². The average molecular weight is 352 g/mol. The van der Waals surface area contributed by atoms with Crippen molar-refractivity contribution in [1.29, 1.82) is 0 Å². The van der Waals surface area contributed by atoms with E-state index in [1.165, 1.54) is 0 Å². The lowest BCUT2D eigenvalue weighted by Crippen LogP contribution is -2.43. The minimum Gasteiger partial charge on any atom is -0.355 e. The Morgan fingerprint density at radius 3 is 2.81 bits per heavy atom. The number of anilines is 1. The fourth-order valence-electron chi connectivity index (χ4n) is 3.65. The molecule has 1 unspecified atom stereocenters. The van der Waals surface area contributed by atoms with Crippen LogP contribution < -0.4 is 21.9 Å². The summed E-state index contributed by atoms with van der Waals surface area (Å²) in [5.74, 6) is 0.795. The second-order valence-corrected chi connectivity index (χ2v) is 6.93. The molecule has 7 heteroatoms. The Balaban J connectivity index is 1.67. The van der Waals surface area contributed by atoms with Gasteiger partial charge in [-0.2, -0.15) is 0 Å². The van der Waals surface area contributed by atoms with Crippen molar-refractivity contribution >= 4 is 11.5 Å². The summed E-state index contributed by atoms with van der Waals surface area (Å²) in [5, 5.41) is 0. The highest BCUT2D eigenvalue weighted by atomic mass is 16.1.